The molecule has 0 bridgehead atoms. The SMILES string of the molecule is COCCOc1cc2ncnc(N=C3CC(=O)C(OCCC#N)=CC3=O)c2cc1OC. The molecular formula is C21H20N4O6. The quantitative estimate of drug-likeness (QED) is 0.555. The third-order valence-electron chi connectivity index (χ3n) is 4.31. The van der Waals surface area contributed by atoms with Crippen molar-refractivity contribution in [3.05, 3.63) is 30.3 Å². The second-order valence-electron chi connectivity index (χ2n) is 6.35. The van der Waals surface area contributed by atoms with Crippen LogP contribution in [0.3, 0.4) is 0 Å². The van der Waals surface area contributed by atoms with Crippen LogP contribution in [0.15, 0.2) is 35.3 Å². The number of allylic oxidation sites excluding steroid dienone is 2. The molecule has 31 heavy (non-hydrogen) atoms. The molecule has 0 saturated carbocycles. The molecule has 1 aliphatic rings. The van der Waals surface area contributed by atoms with Gasteiger partial charge in [0.05, 0.1) is 43.9 Å². The lowest BCUT2D eigenvalue weighted by molar-refractivity contribution is -0.120. The number of methoxy groups -OCH3 is 2. The van der Waals surface area contributed by atoms with Crippen LogP contribution in [-0.4, -0.2) is 61.3 Å². The second kappa shape index (κ2) is 10.3. The second-order valence-corrected chi connectivity index (χ2v) is 6.35. The fourth-order valence-corrected chi connectivity index (χ4v) is 2.81. The number of aliphatic imine (C=N–C) groups is 1. The van der Waals surface area contributed by atoms with E-state index in [-0.39, 0.29) is 42.5 Å². The number of carbonyl (C=O) groups is 2. The van der Waals surface area contributed by atoms with Crippen molar-refractivity contribution >= 4 is 34.0 Å². The molecule has 0 atom stereocenters. The molecule has 0 amide bonds. The molecule has 0 unspecified atom stereocenters. The first-order valence-corrected chi connectivity index (χ1v) is 9.38. The Bertz CT molecular complexity index is 1100. The topological polar surface area (TPSA) is 133 Å². The number of fused-ring (bicyclic) bond motifs is 1. The third-order valence-corrected chi connectivity index (χ3v) is 4.31. The summed E-state index contributed by atoms with van der Waals surface area (Å²) in [4.78, 5) is 37.4. The Morgan fingerprint density at radius 1 is 1.10 bits per heavy atom. The molecule has 10 heteroatoms. The molecular weight excluding hydrogens is 404 g/mol. The minimum absolute atomic E-state index is 0.0389. The maximum absolute atomic E-state index is 12.4. The van der Waals surface area contributed by atoms with Crippen molar-refractivity contribution in [2.24, 2.45) is 4.99 Å². The van der Waals surface area contributed by atoms with Crippen molar-refractivity contribution in [1.29, 1.82) is 5.26 Å². The number of rotatable bonds is 9. The highest BCUT2D eigenvalue weighted by molar-refractivity contribution is 6.50. The summed E-state index contributed by atoms with van der Waals surface area (Å²) in [5.74, 6) is 0.247. The lowest BCUT2D eigenvalue weighted by atomic mass is 10.0. The van der Waals surface area contributed by atoms with Gasteiger partial charge in [0, 0.05) is 24.6 Å². The number of aromatic nitrogens is 2. The molecule has 160 valence electrons. The van der Waals surface area contributed by atoms with Crippen LogP contribution in [0.2, 0.25) is 0 Å². The molecule has 2 aromatic rings. The lowest BCUT2D eigenvalue weighted by Gasteiger charge is -2.14. The Labute approximate surface area is 178 Å². The molecule has 0 spiro atoms. The normalized spacial score (nSPS) is 15.0. The van der Waals surface area contributed by atoms with E-state index in [1.807, 2.05) is 6.07 Å². The Kier molecular flexibility index (Phi) is 7.24. The summed E-state index contributed by atoms with van der Waals surface area (Å²) in [6.07, 6.45) is 2.30. The third kappa shape index (κ3) is 5.21. The number of hydrogen-bond acceptors (Lipinski definition) is 10. The van der Waals surface area contributed by atoms with Crippen LogP contribution in [0.1, 0.15) is 12.8 Å². The zero-order chi connectivity index (χ0) is 22.2. The largest absolute Gasteiger partial charge is 0.493 e. The van der Waals surface area contributed by atoms with Gasteiger partial charge < -0.3 is 18.9 Å². The molecule has 1 aliphatic carbocycles. The van der Waals surface area contributed by atoms with E-state index in [9.17, 15) is 9.59 Å². The van der Waals surface area contributed by atoms with E-state index in [4.69, 9.17) is 24.2 Å². The number of hydrogen-bond donors (Lipinski definition) is 0. The minimum atomic E-state index is -0.454. The smallest absolute Gasteiger partial charge is 0.204 e. The van der Waals surface area contributed by atoms with Gasteiger partial charge in [0.25, 0.3) is 0 Å². The summed E-state index contributed by atoms with van der Waals surface area (Å²) in [6, 6.07) is 5.26. The maximum atomic E-state index is 12.4. The summed E-state index contributed by atoms with van der Waals surface area (Å²) >= 11 is 0. The molecule has 0 saturated heterocycles. The van der Waals surface area contributed by atoms with Gasteiger partial charge in [-0.05, 0) is 6.07 Å². The summed E-state index contributed by atoms with van der Waals surface area (Å²) in [5, 5.41) is 9.09. The van der Waals surface area contributed by atoms with E-state index in [2.05, 4.69) is 15.0 Å². The minimum Gasteiger partial charge on any atom is -0.493 e. The van der Waals surface area contributed by atoms with Crippen LogP contribution >= 0.6 is 0 Å². The predicted molar refractivity (Wildman–Crippen MR) is 109 cm³/mol. The molecule has 0 N–H and O–H groups in total. The maximum Gasteiger partial charge on any atom is 0.204 e. The van der Waals surface area contributed by atoms with Gasteiger partial charge in [-0.3, -0.25) is 9.59 Å². The standard InChI is InChI=1S/C21H20N4O6/c1-28-6-7-31-20-10-14-13(8-19(20)29-2)21(24-12-23-14)25-15-9-17(27)18(11-16(15)26)30-5-3-4-22/h8,10-12H,3,5-7,9H2,1-2H3. The molecule has 1 heterocycles. The van der Waals surface area contributed by atoms with Gasteiger partial charge in [-0.25, -0.2) is 15.0 Å². The van der Waals surface area contributed by atoms with Crippen molar-refractivity contribution in [1.82, 2.24) is 9.97 Å². The van der Waals surface area contributed by atoms with E-state index in [0.29, 0.717) is 35.6 Å². The van der Waals surface area contributed by atoms with Crippen LogP contribution in [0.4, 0.5) is 5.82 Å². The number of carbonyl (C=O) groups excluding carboxylic acids is 2. The Morgan fingerprint density at radius 3 is 2.68 bits per heavy atom. The van der Waals surface area contributed by atoms with Crippen molar-refractivity contribution in [3.63, 3.8) is 0 Å². The van der Waals surface area contributed by atoms with Gasteiger partial charge in [-0.1, -0.05) is 0 Å². The number of benzene rings is 1. The fraction of sp³-hybridized carbons (Fsp3) is 0.333. The van der Waals surface area contributed by atoms with E-state index < -0.39 is 5.78 Å². The molecule has 3 rings (SSSR count). The molecule has 10 nitrogen and oxygen atoms in total. The lowest BCUT2D eigenvalue weighted by Crippen LogP contribution is -2.25. The van der Waals surface area contributed by atoms with Crippen molar-refractivity contribution in [3.8, 4) is 17.6 Å². The highest BCUT2D eigenvalue weighted by Crippen LogP contribution is 2.35. The Morgan fingerprint density at radius 2 is 1.94 bits per heavy atom. The molecule has 1 aromatic carbocycles. The van der Waals surface area contributed by atoms with Crippen LogP contribution in [0, 0.1) is 11.3 Å². The van der Waals surface area contributed by atoms with E-state index >= 15 is 0 Å². The Balaban J connectivity index is 1.92. The number of nitrogens with zero attached hydrogens (tertiary/aromatic N) is 4. The van der Waals surface area contributed by atoms with Crippen LogP contribution in [0.25, 0.3) is 10.9 Å². The van der Waals surface area contributed by atoms with Crippen molar-refractivity contribution in [2.75, 3.05) is 34.0 Å². The van der Waals surface area contributed by atoms with Gasteiger partial charge in [0.15, 0.2) is 23.1 Å². The van der Waals surface area contributed by atoms with Crippen molar-refractivity contribution in [2.45, 2.75) is 12.8 Å². The van der Waals surface area contributed by atoms with Crippen LogP contribution < -0.4 is 9.47 Å². The number of Topliss-reactive ketones (excluding diaryl/α,β-unsaturated/α-hetero) is 1. The van der Waals surface area contributed by atoms with E-state index in [1.54, 1.807) is 19.2 Å². The zero-order valence-corrected chi connectivity index (χ0v) is 17.1. The average molecular weight is 424 g/mol. The molecule has 0 radical (unpaired) electrons. The van der Waals surface area contributed by atoms with Gasteiger partial charge in [0.2, 0.25) is 11.6 Å². The number of ether oxygens (including phenoxy) is 4. The van der Waals surface area contributed by atoms with Crippen LogP contribution in [-0.2, 0) is 19.1 Å². The average Bonchev–Trinajstić information content (AvgIpc) is 2.77. The first-order valence-electron chi connectivity index (χ1n) is 9.38. The van der Waals surface area contributed by atoms with E-state index in [0.717, 1.165) is 6.08 Å². The first kappa shape index (κ1) is 21.9. The van der Waals surface area contributed by atoms with Gasteiger partial charge in [-0.2, -0.15) is 5.26 Å². The Hall–Kier alpha value is -3.84. The highest BCUT2D eigenvalue weighted by Gasteiger charge is 2.26. The monoisotopic (exact) mass is 424 g/mol. The molecule has 1 aromatic heterocycles. The summed E-state index contributed by atoms with van der Waals surface area (Å²) in [6.45, 7) is 0.787. The highest BCUT2D eigenvalue weighted by atomic mass is 16.5. The molecule has 0 aliphatic heterocycles. The summed E-state index contributed by atoms with van der Waals surface area (Å²) < 4.78 is 21.2. The predicted octanol–water partition coefficient (Wildman–Crippen LogP) is 2.09. The number of nitriles is 1. The van der Waals surface area contributed by atoms with Gasteiger partial charge >= 0.3 is 0 Å². The first-order chi connectivity index (χ1) is 15.1. The van der Waals surface area contributed by atoms with E-state index in [1.165, 1.54) is 13.4 Å². The molecule has 0 fully saturated rings. The summed E-state index contributed by atoms with van der Waals surface area (Å²) in [5.41, 5.74) is 0.574. The van der Waals surface area contributed by atoms with Crippen molar-refractivity contribution < 1.29 is 28.5 Å². The van der Waals surface area contributed by atoms with Gasteiger partial charge in [-0.15, -0.1) is 0 Å². The number of ketones is 2. The zero-order valence-electron chi connectivity index (χ0n) is 17.1. The summed E-state index contributed by atoms with van der Waals surface area (Å²) in [7, 11) is 3.08. The van der Waals surface area contributed by atoms with Gasteiger partial charge in [0.1, 0.15) is 19.5 Å². The fourth-order valence-electron chi connectivity index (χ4n) is 2.81. The van der Waals surface area contributed by atoms with Crippen LogP contribution in [0.5, 0.6) is 11.5 Å².